The van der Waals surface area contributed by atoms with Gasteiger partial charge in [-0.2, -0.15) is 13.5 Å². The lowest BCUT2D eigenvalue weighted by atomic mass is 9.73. The maximum atomic E-state index is 4.12. The summed E-state index contributed by atoms with van der Waals surface area (Å²) in [6.45, 7) is 9.21. The lowest BCUT2D eigenvalue weighted by Gasteiger charge is -2.42. The van der Waals surface area contributed by atoms with Gasteiger partial charge >= 0.3 is 0 Å². The molecule has 2 heterocycles. The molecule has 0 unspecified atom stereocenters. The lowest BCUT2D eigenvalue weighted by molar-refractivity contribution is 0.632. The third kappa shape index (κ3) is 11.8. The van der Waals surface area contributed by atoms with Gasteiger partial charge in [0.05, 0.1) is 17.1 Å². The molecule has 0 aliphatic carbocycles. The molecule has 0 fully saturated rings. The first-order chi connectivity index (χ1) is 31.0. The van der Waals surface area contributed by atoms with Crippen LogP contribution >= 0.6 is 67.9 Å². The molecule has 8 aromatic carbocycles. The number of anilines is 5. The molecular weight excluding hydrogens is 1160 g/mol. The van der Waals surface area contributed by atoms with Crippen LogP contribution in [0.2, 0.25) is 0 Å². The molecule has 8 aromatic rings. The summed E-state index contributed by atoms with van der Waals surface area (Å²) in [4.78, 5) is 2.42. The molecule has 0 atom stereocenters. The standard InChI is InChI=1S/C27H22BrN.C15H15N.C12H8BrI.S3.S2.H2S/c1-27(2)21-13-5-9-17-25(21)29(26-18-10-6-14-22(26)27)24-16-8-4-12-20(24)19-11-3-7-15-23(19)28;1-15(2)11-7-3-5-9-13(11)16-14-10-6-4-8-12(14)15;13-11-7-3-1-5-9(11)10-6-2-4-8-12(10)14;1-3-2;1-2;/h3-18H,1-2H3;3-10,16H,1-2H3;1-8H;;;1H2. The molecule has 10 rings (SSSR count). The molecule has 0 saturated heterocycles. The zero-order chi connectivity index (χ0) is 45.9. The molecule has 0 amide bonds. The van der Waals surface area contributed by atoms with Crippen molar-refractivity contribution in [3.8, 4) is 22.3 Å². The van der Waals surface area contributed by atoms with Crippen LogP contribution in [0.1, 0.15) is 49.9 Å². The van der Waals surface area contributed by atoms with E-state index in [4.69, 9.17) is 0 Å². The van der Waals surface area contributed by atoms with Gasteiger partial charge in [-0.15, -0.1) is 0 Å². The fourth-order valence-corrected chi connectivity index (χ4v) is 10.1. The molecule has 11 heteroatoms. The SMILES string of the molecule is Brc1ccccc1-c1ccccc1I.CC1(C)c2ccccc2N(c2ccccc2-c2ccccc2Br)c2ccccc21.CC1(C)c2ccccc2Nc2ccccc21.S.S=S.S=S=S. The maximum absolute atomic E-state index is 4.12. The van der Waals surface area contributed by atoms with Crippen molar-refractivity contribution in [3.63, 3.8) is 0 Å². The van der Waals surface area contributed by atoms with Crippen molar-refractivity contribution < 1.29 is 0 Å². The van der Waals surface area contributed by atoms with Gasteiger partial charge in [-0.05, 0) is 110 Å². The molecule has 0 radical (unpaired) electrons. The first kappa shape index (κ1) is 52.5. The van der Waals surface area contributed by atoms with Crippen molar-refractivity contribution in [2.75, 3.05) is 10.2 Å². The highest BCUT2D eigenvalue weighted by atomic mass is 127. The second-order valence-electron chi connectivity index (χ2n) is 15.9. The van der Waals surface area contributed by atoms with Gasteiger partial charge in [0.2, 0.25) is 0 Å². The van der Waals surface area contributed by atoms with Gasteiger partial charge < -0.3 is 10.2 Å². The van der Waals surface area contributed by atoms with E-state index in [0.29, 0.717) is 0 Å². The van der Waals surface area contributed by atoms with Crippen molar-refractivity contribution in [3.05, 3.63) is 229 Å². The largest absolute Gasteiger partial charge is 0.355 e. The van der Waals surface area contributed by atoms with E-state index in [2.05, 4.69) is 325 Å². The Balaban J connectivity index is 0.000000187. The highest BCUT2D eigenvalue weighted by Crippen LogP contribution is 2.53. The highest BCUT2D eigenvalue weighted by Gasteiger charge is 2.37. The van der Waals surface area contributed by atoms with Gasteiger partial charge in [0.15, 0.2) is 0 Å². The number of hydrogen-bond donors (Lipinski definition) is 1. The van der Waals surface area contributed by atoms with E-state index in [1.54, 1.807) is 0 Å². The van der Waals surface area contributed by atoms with Crippen LogP contribution < -0.4 is 10.2 Å². The summed E-state index contributed by atoms with van der Waals surface area (Å²) in [5.41, 5.74) is 16.5. The Labute approximate surface area is 445 Å². The van der Waals surface area contributed by atoms with Crippen molar-refractivity contribution in [1.29, 1.82) is 0 Å². The van der Waals surface area contributed by atoms with Crippen LogP contribution in [0.5, 0.6) is 0 Å². The average Bonchev–Trinajstić information content (AvgIpc) is 3.32. The van der Waals surface area contributed by atoms with E-state index in [9.17, 15) is 0 Å². The van der Waals surface area contributed by atoms with E-state index < -0.39 is 0 Å². The minimum absolute atomic E-state index is 0. The van der Waals surface area contributed by atoms with Crippen LogP contribution in [0, 0.1) is 3.57 Å². The molecule has 2 nitrogen and oxygen atoms in total. The average molecular weight is 1200 g/mol. The third-order valence-corrected chi connectivity index (χ3v) is 13.8. The molecule has 0 spiro atoms. The summed E-state index contributed by atoms with van der Waals surface area (Å²) >= 11 is 25.3. The molecule has 2 aliphatic rings. The first-order valence-electron chi connectivity index (χ1n) is 20.4. The van der Waals surface area contributed by atoms with Gasteiger partial charge in [-0.25, -0.2) is 0 Å². The van der Waals surface area contributed by atoms with Crippen molar-refractivity contribution in [1.82, 2.24) is 0 Å². The van der Waals surface area contributed by atoms with Crippen LogP contribution in [-0.2, 0) is 64.5 Å². The van der Waals surface area contributed by atoms with Crippen molar-refractivity contribution in [2.24, 2.45) is 0 Å². The Morgan fingerprint density at radius 1 is 0.431 bits per heavy atom. The van der Waals surface area contributed by atoms with Crippen LogP contribution in [0.25, 0.3) is 22.3 Å². The third-order valence-electron chi connectivity index (χ3n) is 11.5. The van der Waals surface area contributed by atoms with E-state index in [0.717, 1.165) is 17.8 Å². The summed E-state index contributed by atoms with van der Waals surface area (Å²) in [5, 5.41) is 3.50. The van der Waals surface area contributed by atoms with E-state index >= 15 is 0 Å². The predicted molar refractivity (Wildman–Crippen MR) is 314 cm³/mol. The summed E-state index contributed by atoms with van der Waals surface area (Å²) in [6.07, 6.45) is 0. The molecule has 65 heavy (non-hydrogen) atoms. The Bertz CT molecular complexity index is 2780. The Morgan fingerprint density at radius 3 is 1.18 bits per heavy atom. The normalized spacial score (nSPS) is 12.7. The monoisotopic (exact) mass is 1200 g/mol. The Hall–Kier alpha value is -3.50. The smallest absolute Gasteiger partial charge is 0.0540 e. The highest BCUT2D eigenvalue weighted by molar-refractivity contribution is 14.1. The topological polar surface area (TPSA) is 15.3 Å². The number of para-hydroxylation sites is 5. The molecular formula is C54H47Br2IN2S6. The number of nitrogens with zero attached hydrogens (tertiary/aromatic N) is 1. The van der Waals surface area contributed by atoms with Crippen LogP contribution in [0.3, 0.4) is 0 Å². The molecule has 0 bridgehead atoms. The summed E-state index contributed by atoms with van der Waals surface area (Å²) in [7, 11) is 0.917. The summed E-state index contributed by atoms with van der Waals surface area (Å²) in [6, 6.07) is 68.4. The maximum Gasteiger partial charge on any atom is 0.0540 e. The molecule has 0 aromatic heterocycles. The Morgan fingerprint density at radius 2 is 0.738 bits per heavy atom. The molecule has 330 valence electrons. The number of fused-ring (bicyclic) bond motifs is 4. The number of halogens is 3. The number of nitrogens with one attached hydrogen (secondary N) is 1. The van der Waals surface area contributed by atoms with Gasteiger partial charge in [-0.1, -0.05) is 205 Å². The van der Waals surface area contributed by atoms with Crippen LogP contribution in [0.4, 0.5) is 28.4 Å². The van der Waals surface area contributed by atoms with Crippen LogP contribution in [-0.4, -0.2) is 0 Å². The first-order valence-corrected chi connectivity index (χ1v) is 27.0. The van der Waals surface area contributed by atoms with E-state index in [1.807, 2.05) is 6.07 Å². The zero-order valence-electron chi connectivity index (χ0n) is 36.1. The van der Waals surface area contributed by atoms with E-state index in [-0.39, 0.29) is 24.3 Å². The summed E-state index contributed by atoms with van der Waals surface area (Å²) < 4.78 is 3.52. The fourth-order valence-electron chi connectivity index (χ4n) is 8.43. The fraction of sp³-hybridized carbons (Fsp3) is 0.111. The van der Waals surface area contributed by atoms with Crippen molar-refractivity contribution >= 4 is 150 Å². The number of rotatable bonds is 3. The molecule has 0 saturated carbocycles. The van der Waals surface area contributed by atoms with Gasteiger partial charge in [-0.3, -0.25) is 0 Å². The van der Waals surface area contributed by atoms with E-state index in [1.165, 1.54) is 76.5 Å². The van der Waals surface area contributed by atoms with Crippen LogP contribution in [0.15, 0.2) is 203 Å². The molecule has 2 aliphatic heterocycles. The second-order valence-corrected chi connectivity index (χ2v) is 20.5. The number of hydrogen-bond acceptors (Lipinski definition) is 6. The van der Waals surface area contributed by atoms with Gasteiger partial charge in [0.25, 0.3) is 0 Å². The minimum atomic E-state index is -0.0496. The van der Waals surface area contributed by atoms with Gasteiger partial charge in [0, 0.05) is 93.9 Å². The minimum Gasteiger partial charge on any atom is -0.355 e. The second kappa shape index (κ2) is 24.5. The Kier molecular flexibility index (Phi) is 19.8. The zero-order valence-corrected chi connectivity index (χ0v) is 46.5. The van der Waals surface area contributed by atoms with Gasteiger partial charge in [0.1, 0.15) is 0 Å². The number of benzene rings is 8. The predicted octanol–water partition coefficient (Wildman–Crippen LogP) is 17.1. The quantitative estimate of drug-likeness (QED) is 0.176. The molecule has 1 N–H and O–H groups in total. The van der Waals surface area contributed by atoms with Crippen molar-refractivity contribution in [2.45, 2.75) is 38.5 Å². The lowest BCUT2D eigenvalue weighted by Crippen LogP contribution is -2.30. The summed E-state index contributed by atoms with van der Waals surface area (Å²) in [5.74, 6) is 0.